The highest BCUT2D eigenvalue weighted by molar-refractivity contribution is 5.85. The fraction of sp³-hybridized carbons (Fsp3) is 0.133. The highest BCUT2D eigenvalue weighted by atomic mass is 19.1. The molecular weight excluding hydrogens is 266 g/mol. The minimum atomic E-state index is -0.731. The summed E-state index contributed by atoms with van der Waals surface area (Å²) < 4.78 is 37.0. The van der Waals surface area contributed by atoms with Crippen LogP contribution in [0.25, 0.3) is 11.1 Å². The second kappa shape index (κ2) is 5.69. The van der Waals surface area contributed by atoms with Gasteiger partial charge in [-0.1, -0.05) is 0 Å². The molecule has 0 saturated carbocycles. The van der Waals surface area contributed by atoms with Crippen molar-refractivity contribution < 1.29 is 23.0 Å². The maximum Gasteiger partial charge on any atom is 0.153 e. The zero-order valence-electron chi connectivity index (χ0n) is 10.9. The lowest BCUT2D eigenvalue weighted by atomic mass is 10.0. The largest absolute Gasteiger partial charge is 0.496 e. The number of hydrogen-bond donors (Lipinski definition) is 0. The molecule has 0 spiro atoms. The Labute approximate surface area is 114 Å². The molecule has 0 aromatic heterocycles. The summed E-state index contributed by atoms with van der Waals surface area (Å²) in [5.41, 5.74) is 0.758. The summed E-state index contributed by atoms with van der Waals surface area (Å²) in [5, 5.41) is 0. The number of hydrogen-bond acceptors (Lipinski definition) is 3. The van der Waals surface area contributed by atoms with Gasteiger partial charge in [0.05, 0.1) is 19.8 Å². The molecule has 0 unspecified atom stereocenters. The lowest BCUT2D eigenvalue weighted by molar-refractivity contribution is 0.112. The van der Waals surface area contributed by atoms with Gasteiger partial charge in [-0.05, 0) is 18.2 Å². The average molecular weight is 278 g/mol. The predicted molar refractivity (Wildman–Crippen MR) is 70.3 cm³/mol. The van der Waals surface area contributed by atoms with Gasteiger partial charge >= 0.3 is 0 Å². The van der Waals surface area contributed by atoms with Crippen LogP contribution in [-0.2, 0) is 0 Å². The number of carbonyl (C=O) groups excluding carboxylic acids is 1. The summed E-state index contributed by atoms with van der Waals surface area (Å²) in [6.45, 7) is 0. The van der Waals surface area contributed by atoms with E-state index in [4.69, 9.17) is 9.47 Å². The summed E-state index contributed by atoms with van der Waals surface area (Å²) in [5.74, 6) is -0.749. The Balaban J connectivity index is 2.68. The summed E-state index contributed by atoms with van der Waals surface area (Å²) in [6.07, 6.45) is 0.600. The van der Waals surface area contributed by atoms with E-state index in [0.29, 0.717) is 23.3 Å². The summed E-state index contributed by atoms with van der Waals surface area (Å²) in [7, 11) is 2.83. The molecule has 3 nitrogen and oxygen atoms in total. The molecule has 0 saturated heterocycles. The Morgan fingerprint density at radius 3 is 2.20 bits per heavy atom. The van der Waals surface area contributed by atoms with Crippen LogP contribution in [0.15, 0.2) is 30.3 Å². The molecule has 104 valence electrons. The average Bonchev–Trinajstić information content (AvgIpc) is 2.46. The van der Waals surface area contributed by atoms with Gasteiger partial charge in [0.1, 0.15) is 23.1 Å². The molecule has 0 aliphatic heterocycles. The third kappa shape index (κ3) is 2.47. The van der Waals surface area contributed by atoms with Gasteiger partial charge in [0.25, 0.3) is 0 Å². The van der Waals surface area contributed by atoms with Crippen LogP contribution in [0.2, 0.25) is 0 Å². The molecule has 0 atom stereocenters. The van der Waals surface area contributed by atoms with E-state index in [1.54, 1.807) is 0 Å². The van der Waals surface area contributed by atoms with E-state index in [2.05, 4.69) is 0 Å². The van der Waals surface area contributed by atoms with Gasteiger partial charge in [-0.2, -0.15) is 0 Å². The number of carbonyl (C=O) groups is 1. The van der Waals surface area contributed by atoms with Crippen LogP contribution in [-0.4, -0.2) is 20.5 Å². The summed E-state index contributed by atoms with van der Waals surface area (Å²) in [4.78, 5) is 11.0. The Morgan fingerprint density at radius 2 is 1.65 bits per heavy atom. The maximum atomic E-state index is 13.9. The lowest BCUT2D eigenvalue weighted by Crippen LogP contribution is -1.97. The Bertz CT molecular complexity index is 654. The molecule has 2 aromatic rings. The van der Waals surface area contributed by atoms with Crippen molar-refractivity contribution in [3.8, 4) is 22.6 Å². The topological polar surface area (TPSA) is 35.5 Å². The van der Waals surface area contributed by atoms with Crippen molar-refractivity contribution in [1.82, 2.24) is 0 Å². The van der Waals surface area contributed by atoms with E-state index >= 15 is 0 Å². The number of methoxy groups -OCH3 is 2. The summed E-state index contributed by atoms with van der Waals surface area (Å²) in [6, 6.07) is 6.15. The Hall–Kier alpha value is -2.43. The minimum absolute atomic E-state index is 0.147. The molecule has 0 radical (unpaired) electrons. The monoisotopic (exact) mass is 278 g/mol. The van der Waals surface area contributed by atoms with Crippen molar-refractivity contribution in [2.24, 2.45) is 0 Å². The highest BCUT2D eigenvalue weighted by Gasteiger charge is 2.15. The molecule has 2 rings (SSSR count). The van der Waals surface area contributed by atoms with E-state index in [1.165, 1.54) is 32.4 Å². The number of benzene rings is 2. The maximum absolute atomic E-state index is 13.9. The third-order valence-corrected chi connectivity index (χ3v) is 2.90. The van der Waals surface area contributed by atoms with E-state index in [0.717, 1.165) is 12.1 Å². The normalized spacial score (nSPS) is 10.2. The molecule has 0 aliphatic rings. The standard InChI is InChI=1S/C15H12F2O3/c1-19-14-7-15(20-2)12(5-9(14)8-18)11-4-3-10(16)6-13(11)17/h3-8H,1-2H3. The van der Waals surface area contributed by atoms with Gasteiger partial charge in [-0.25, -0.2) is 8.78 Å². The SMILES string of the molecule is COc1cc(OC)c(-c2ccc(F)cc2F)cc1C=O. The molecule has 0 fully saturated rings. The van der Waals surface area contributed by atoms with Gasteiger partial charge < -0.3 is 9.47 Å². The smallest absolute Gasteiger partial charge is 0.153 e. The molecule has 5 heteroatoms. The molecule has 20 heavy (non-hydrogen) atoms. The second-order valence-corrected chi connectivity index (χ2v) is 4.04. The fourth-order valence-corrected chi connectivity index (χ4v) is 1.93. The van der Waals surface area contributed by atoms with Crippen LogP contribution in [0.3, 0.4) is 0 Å². The van der Waals surface area contributed by atoms with E-state index in [-0.39, 0.29) is 11.1 Å². The van der Waals surface area contributed by atoms with Crippen LogP contribution in [0, 0.1) is 11.6 Å². The Morgan fingerprint density at radius 1 is 0.950 bits per heavy atom. The van der Waals surface area contributed by atoms with Gasteiger partial charge in [0, 0.05) is 23.3 Å². The molecule has 0 amide bonds. The molecule has 0 N–H and O–H groups in total. The first kappa shape index (κ1) is 14.0. The molecular formula is C15H12F2O3. The van der Waals surface area contributed by atoms with Gasteiger partial charge in [-0.3, -0.25) is 4.79 Å². The Kier molecular flexibility index (Phi) is 3.98. The van der Waals surface area contributed by atoms with Gasteiger partial charge in [0.2, 0.25) is 0 Å². The highest BCUT2D eigenvalue weighted by Crippen LogP contribution is 2.36. The number of halogens is 2. The second-order valence-electron chi connectivity index (χ2n) is 4.04. The van der Waals surface area contributed by atoms with Crippen molar-refractivity contribution in [2.45, 2.75) is 0 Å². The zero-order valence-corrected chi connectivity index (χ0v) is 10.9. The zero-order chi connectivity index (χ0) is 14.7. The van der Waals surface area contributed by atoms with Crippen molar-refractivity contribution >= 4 is 6.29 Å². The van der Waals surface area contributed by atoms with E-state index in [1.807, 2.05) is 0 Å². The molecule has 0 aliphatic carbocycles. The van der Waals surface area contributed by atoms with Crippen LogP contribution in [0.4, 0.5) is 8.78 Å². The van der Waals surface area contributed by atoms with Crippen molar-refractivity contribution in [3.63, 3.8) is 0 Å². The fourth-order valence-electron chi connectivity index (χ4n) is 1.93. The number of aldehydes is 1. The van der Waals surface area contributed by atoms with Crippen molar-refractivity contribution in [3.05, 3.63) is 47.5 Å². The van der Waals surface area contributed by atoms with Crippen LogP contribution < -0.4 is 9.47 Å². The lowest BCUT2D eigenvalue weighted by Gasteiger charge is -2.13. The van der Waals surface area contributed by atoms with Crippen LogP contribution in [0.5, 0.6) is 11.5 Å². The van der Waals surface area contributed by atoms with Crippen molar-refractivity contribution in [1.29, 1.82) is 0 Å². The first-order chi connectivity index (χ1) is 9.60. The number of rotatable bonds is 4. The molecule has 0 bridgehead atoms. The van der Waals surface area contributed by atoms with Gasteiger partial charge in [-0.15, -0.1) is 0 Å². The quantitative estimate of drug-likeness (QED) is 0.803. The van der Waals surface area contributed by atoms with Crippen molar-refractivity contribution in [2.75, 3.05) is 14.2 Å². The van der Waals surface area contributed by atoms with E-state index < -0.39 is 11.6 Å². The predicted octanol–water partition coefficient (Wildman–Crippen LogP) is 3.46. The first-order valence-electron chi connectivity index (χ1n) is 5.77. The summed E-state index contributed by atoms with van der Waals surface area (Å²) >= 11 is 0. The van der Waals surface area contributed by atoms with Gasteiger partial charge in [0.15, 0.2) is 6.29 Å². The minimum Gasteiger partial charge on any atom is -0.496 e. The third-order valence-electron chi connectivity index (χ3n) is 2.90. The van der Waals surface area contributed by atoms with E-state index in [9.17, 15) is 13.6 Å². The number of ether oxygens (including phenoxy) is 2. The molecule has 2 aromatic carbocycles. The van der Waals surface area contributed by atoms with Crippen LogP contribution >= 0.6 is 0 Å². The first-order valence-corrected chi connectivity index (χ1v) is 5.77. The molecule has 0 heterocycles. The van der Waals surface area contributed by atoms with Crippen LogP contribution in [0.1, 0.15) is 10.4 Å².